The van der Waals surface area contributed by atoms with Crippen LogP contribution in [-0.4, -0.2) is 29.6 Å². The fourth-order valence-electron chi connectivity index (χ4n) is 1.23. The predicted molar refractivity (Wildman–Crippen MR) is 52.8 cm³/mol. The van der Waals surface area contributed by atoms with E-state index in [-0.39, 0.29) is 0 Å². The van der Waals surface area contributed by atoms with E-state index < -0.39 is 0 Å². The van der Waals surface area contributed by atoms with Crippen LogP contribution in [0.2, 0.25) is 0 Å². The highest BCUT2D eigenvalue weighted by Crippen LogP contribution is 2.19. The molecule has 1 aliphatic rings. The Kier molecular flexibility index (Phi) is 3.88. The van der Waals surface area contributed by atoms with Crippen LogP contribution in [0.15, 0.2) is 0 Å². The minimum absolute atomic E-state index is 0.464. The van der Waals surface area contributed by atoms with Crippen LogP contribution in [-0.2, 0) is 4.52 Å². The molecule has 0 radical (unpaired) electrons. The normalized spacial score (nSPS) is 27.5. The summed E-state index contributed by atoms with van der Waals surface area (Å²) in [5, 5.41) is 7.44. The van der Waals surface area contributed by atoms with Crippen molar-refractivity contribution in [3.63, 3.8) is 0 Å². The minimum Gasteiger partial charge on any atom is -0.364 e. The van der Waals surface area contributed by atoms with Gasteiger partial charge in [0.2, 0.25) is 0 Å². The van der Waals surface area contributed by atoms with Crippen LogP contribution in [0.4, 0.5) is 0 Å². The Bertz CT molecular complexity index is 154. The molecule has 0 aromatic rings. The smallest absolute Gasteiger partial charge is 0.0661 e. The molecular weight excluding hydrogens is 178 g/mol. The van der Waals surface area contributed by atoms with Gasteiger partial charge in [-0.2, -0.15) is 0 Å². The molecule has 3 atom stereocenters. The highest BCUT2D eigenvalue weighted by Gasteiger charge is 2.21. The maximum Gasteiger partial charge on any atom is 0.0661 e. The molecule has 0 amide bonds. The van der Waals surface area contributed by atoms with Gasteiger partial charge in [-0.05, 0) is 12.8 Å². The Morgan fingerprint density at radius 3 is 3.00 bits per heavy atom. The lowest BCUT2D eigenvalue weighted by Gasteiger charge is -2.31. The predicted octanol–water partition coefficient (Wildman–Crippen LogP) is 1.07. The van der Waals surface area contributed by atoms with E-state index in [0.29, 0.717) is 6.04 Å². The average Bonchev–Trinajstić information content (AvgIpc) is 1.95. The maximum absolute atomic E-state index is 7.44. The molecule has 11 heavy (non-hydrogen) atoms. The summed E-state index contributed by atoms with van der Waals surface area (Å²) >= 11 is 0. The fraction of sp³-hybridized carbons (Fsp3) is 0.833. The van der Waals surface area contributed by atoms with Crippen LogP contribution >= 0.6 is 18.9 Å². The first kappa shape index (κ1) is 9.54. The molecule has 1 saturated heterocycles. The van der Waals surface area contributed by atoms with Gasteiger partial charge in [0.1, 0.15) is 0 Å². The van der Waals surface area contributed by atoms with E-state index in [4.69, 9.17) is 9.93 Å². The lowest BCUT2D eigenvalue weighted by molar-refractivity contribution is 0.231. The first-order chi connectivity index (χ1) is 5.24. The quantitative estimate of drug-likeness (QED) is 0.664. The van der Waals surface area contributed by atoms with Gasteiger partial charge in [-0.1, -0.05) is 9.39 Å². The highest BCUT2D eigenvalue weighted by atomic mass is 31.0. The zero-order chi connectivity index (χ0) is 8.27. The zero-order valence-corrected chi connectivity index (χ0v) is 8.73. The Labute approximate surface area is 71.9 Å². The van der Waals surface area contributed by atoms with E-state index in [1.807, 2.05) is 0 Å². The number of piperidine rings is 1. The van der Waals surface area contributed by atoms with Gasteiger partial charge in [-0.25, -0.2) is 0 Å². The second kappa shape index (κ2) is 4.47. The molecule has 2 unspecified atom stereocenters. The summed E-state index contributed by atoms with van der Waals surface area (Å²) in [6.45, 7) is 1.50. The maximum atomic E-state index is 7.44. The molecular formula is C6H14N2OP2. The molecule has 0 spiro atoms. The van der Waals surface area contributed by atoms with Crippen molar-refractivity contribution in [3.05, 3.63) is 0 Å². The molecule has 1 aliphatic heterocycles. The van der Waals surface area contributed by atoms with E-state index in [0.717, 1.165) is 31.7 Å². The van der Waals surface area contributed by atoms with Crippen molar-refractivity contribution in [3.8, 4) is 0 Å². The van der Waals surface area contributed by atoms with Gasteiger partial charge in [0, 0.05) is 27.8 Å². The van der Waals surface area contributed by atoms with Crippen molar-refractivity contribution < 1.29 is 4.52 Å². The number of hydrogen-bond donors (Lipinski definition) is 1. The Morgan fingerprint density at radius 1 is 1.73 bits per heavy atom. The van der Waals surface area contributed by atoms with Crippen LogP contribution < -0.4 is 0 Å². The molecule has 1 fully saturated rings. The fourth-order valence-corrected chi connectivity index (χ4v) is 1.90. The van der Waals surface area contributed by atoms with Crippen LogP contribution in [0.25, 0.3) is 0 Å². The first-order valence-corrected chi connectivity index (χ1v) is 4.62. The number of nitrogens with zero attached hydrogens (tertiary/aromatic N) is 1. The summed E-state index contributed by atoms with van der Waals surface area (Å²) in [7, 11) is 4.91. The molecule has 1 rings (SSSR count). The van der Waals surface area contributed by atoms with Crippen molar-refractivity contribution in [2.24, 2.45) is 0 Å². The van der Waals surface area contributed by atoms with Gasteiger partial charge in [-0.15, -0.1) is 0 Å². The van der Waals surface area contributed by atoms with Gasteiger partial charge in [-0.3, -0.25) is 4.67 Å². The van der Waals surface area contributed by atoms with Gasteiger partial charge >= 0.3 is 0 Å². The summed E-state index contributed by atoms with van der Waals surface area (Å²) in [4.78, 5) is 0. The summed E-state index contributed by atoms with van der Waals surface area (Å²) in [6.07, 6.45) is 1.96. The Hall–Kier alpha value is 0.450. The molecule has 64 valence electrons. The lowest BCUT2D eigenvalue weighted by Crippen LogP contribution is -2.39. The first-order valence-electron chi connectivity index (χ1n) is 3.63. The van der Waals surface area contributed by atoms with E-state index in [1.165, 1.54) is 0 Å². The zero-order valence-electron chi connectivity index (χ0n) is 6.42. The van der Waals surface area contributed by atoms with Crippen molar-refractivity contribution in [2.45, 2.75) is 18.9 Å². The third kappa shape index (κ3) is 2.76. The molecule has 1 heterocycles. The molecule has 5 heteroatoms. The second-order valence-corrected chi connectivity index (χ2v) is 3.80. The topological polar surface area (TPSA) is 36.3 Å². The lowest BCUT2D eigenvalue weighted by atomic mass is 10.0. The standard InChI is InChI=1S/C6H14N2OP2/c7-5-1-2-6(4-9-11)8(10)3-5/h6-7H,1-4,10-11H2/t6-/m0/s1. The van der Waals surface area contributed by atoms with Crippen molar-refractivity contribution in [1.82, 2.24) is 4.67 Å². The van der Waals surface area contributed by atoms with Crippen LogP contribution in [0.3, 0.4) is 0 Å². The third-order valence-electron chi connectivity index (χ3n) is 1.91. The monoisotopic (exact) mass is 192 g/mol. The molecule has 0 aliphatic carbocycles. The van der Waals surface area contributed by atoms with Crippen molar-refractivity contribution >= 4 is 24.6 Å². The van der Waals surface area contributed by atoms with Crippen molar-refractivity contribution in [2.75, 3.05) is 13.2 Å². The van der Waals surface area contributed by atoms with E-state index in [9.17, 15) is 0 Å². The number of nitrogens with one attached hydrogen (secondary N) is 1. The van der Waals surface area contributed by atoms with Crippen LogP contribution in [0.5, 0.6) is 0 Å². The van der Waals surface area contributed by atoms with Crippen molar-refractivity contribution in [1.29, 1.82) is 5.41 Å². The molecule has 0 saturated carbocycles. The van der Waals surface area contributed by atoms with Gasteiger partial charge < -0.3 is 9.93 Å². The molecule has 0 bridgehead atoms. The van der Waals surface area contributed by atoms with E-state index >= 15 is 0 Å². The van der Waals surface area contributed by atoms with E-state index in [2.05, 4.69) is 23.5 Å². The molecule has 0 aromatic heterocycles. The molecule has 1 N–H and O–H groups in total. The molecule has 0 aromatic carbocycles. The highest BCUT2D eigenvalue weighted by molar-refractivity contribution is 7.13. The summed E-state index contributed by atoms with van der Waals surface area (Å²) in [5.41, 5.74) is 0.819. The number of rotatable bonds is 2. The SMILES string of the molecule is N=C1CC[C@@H](COP)N(P)C1. The summed E-state index contributed by atoms with van der Waals surface area (Å²) < 4.78 is 7.07. The Morgan fingerprint density at radius 2 is 2.45 bits per heavy atom. The minimum atomic E-state index is 0.464. The largest absolute Gasteiger partial charge is 0.364 e. The van der Waals surface area contributed by atoms with Crippen LogP contribution in [0.1, 0.15) is 12.8 Å². The second-order valence-electron chi connectivity index (χ2n) is 2.80. The van der Waals surface area contributed by atoms with Gasteiger partial charge in [0.25, 0.3) is 0 Å². The molecule has 3 nitrogen and oxygen atoms in total. The van der Waals surface area contributed by atoms with Gasteiger partial charge in [0.05, 0.1) is 6.61 Å². The number of hydrogen-bond acceptors (Lipinski definition) is 3. The van der Waals surface area contributed by atoms with Gasteiger partial charge in [0.15, 0.2) is 0 Å². The Balaban J connectivity index is 2.37. The third-order valence-corrected chi connectivity index (χ3v) is 2.71. The van der Waals surface area contributed by atoms with Crippen LogP contribution in [0, 0.1) is 5.41 Å². The van der Waals surface area contributed by atoms with E-state index in [1.54, 1.807) is 0 Å². The average molecular weight is 192 g/mol. The summed E-state index contributed by atoms with van der Waals surface area (Å²) in [6, 6.07) is 0.464. The summed E-state index contributed by atoms with van der Waals surface area (Å²) in [5.74, 6) is 0.